The lowest BCUT2D eigenvalue weighted by Crippen LogP contribution is -2.08. The van der Waals surface area contributed by atoms with Gasteiger partial charge in [0.05, 0.1) is 16.3 Å². The zero-order chi connectivity index (χ0) is 10.9. The van der Waals surface area contributed by atoms with E-state index in [0.29, 0.717) is 0 Å². The summed E-state index contributed by atoms with van der Waals surface area (Å²) in [5.41, 5.74) is 5.09. The lowest BCUT2D eigenvalue weighted by Gasteiger charge is -2.12. The first-order valence-corrected chi connectivity index (χ1v) is 4.11. The van der Waals surface area contributed by atoms with Gasteiger partial charge in [0.15, 0.2) is 0 Å². The van der Waals surface area contributed by atoms with Crippen LogP contribution in [0.15, 0.2) is 12.1 Å². The number of hydrogen-bond acceptors (Lipinski definition) is 2. The van der Waals surface area contributed by atoms with E-state index in [4.69, 9.17) is 22.6 Å². The maximum absolute atomic E-state index is 12.9. The van der Waals surface area contributed by atoms with Crippen LogP contribution in [0.5, 0.6) is 0 Å². The van der Waals surface area contributed by atoms with E-state index in [1.165, 1.54) is 0 Å². The van der Waals surface area contributed by atoms with Gasteiger partial charge in [-0.05, 0) is 12.1 Å². The van der Waals surface area contributed by atoms with E-state index in [-0.39, 0.29) is 21.8 Å². The van der Waals surface area contributed by atoms with Gasteiger partial charge in [0.1, 0.15) is 6.07 Å². The van der Waals surface area contributed by atoms with Crippen molar-refractivity contribution in [3.05, 3.63) is 28.3 Å². The summed E-state index contributed by atoms with van der Waals surface area (Å²) in [6.45, 7) is 0.732. The van der Waals surface area contributed by atoms with Crippen molar-refractivity contribution in [1.82, 2.24) is 0 Å². The molecule has 0 bridgehead atoms. The van der Waals surface area contributed by atoms with Gasteiger partial charge < -0.3 is 5.73 Å². The molecule has 0 atom stereocenters. The minimum absolute atomic E-state index is 0.0272. The molecule has 1 rings (SSSR count). The molecule has 0 aliphatic rings. The van der Waals surface area contributed by atoms with E-state index in [9.17, 15) is 8.78 Å². The summed E-state index contributed by atoms with van der Waals surface area (Å²) in [7, 11) is 0. The first kappa shape index (κ1) is 10.7. The second-order valence-corrected chi connectivity index (χ2v) is 3.33. The fourth-order valence-electron chi connectivity index (χ4n) is 0.964. The van der Waals surface area contributed by atoms with E-state index in [1.54, 1.807) is 6.07 Å². The van der Waals surface area contributed by atoms with Crippen LogP contribution < -0.4 is 5.73 Å². The van der Waals surface area contributed by atoms with E-state index in [0.717, 1.165) is 19.1 Å². The van der Waals surface area contributed by atoms with Crippen molar-refractivity contribution in [2.24, 2.45) is 0 Å². The van der Waals surface area contributed by atoms with Crippen molar-refractivity contribution in [1.29, 1.82) is 5.26 Å². The molecule has 0 aliphatic heterocycles. The number of rotatable bonds is 1. The molecule has 0 spiro atoms. The van der Waals surface area contributed by atoms with Crippen molar-refractivity contribution < 1.29 is 8.78 Å². The standard InChI is InChI=1S/C9H7ClF2N2/c1-9(11,12)6-2-5(4-13)8(14)7(10)3-6/h2-3H,14H2,1H3. The highest BCUT2D eigenvalue weighted by atomic mass is 35.5. The minimum atomic E-state index is -3.02. The van der Waals surface area contributed by atoms with Crippen molar-refractivity contribution in [3.8, 4) is 6.07 Å². The third-order valence-electron chi connectivity index (χ3n) is 1.76. The molecule has 1 aromatic carbocycles. The quantitative estimate of drug-likeness (QED) is 0.734. The van der Waals surface area contributed by atoms with Crippen LogP contribution in [-0.2, 0) is 5.92 Å². The Bertz CT molecular complexity index is 404. The molecule has 0 saturated heterocycles. The molecule has 2 N–H and O–H groups in total. The Kier molecular flexibility index (Phi) is 2.63. The normalized spacial score (nSPS) is 11.1. The van der Waals surface area contributed by atoms with Crippen LogP contribution in [0.2, 0.25) is 5.02 Å². The van der Waals surface area contributed by atoms with E-state index in [2.05, 4.69) is 0 Å². The number of halogens is 3. The van der Waals surface area contributed by atoms with Gasteiger partial charge in [0.25, 0.3) is 5.92 Å². The molecule has 0 unspecified atom stereocenters. The third kappa shape index (κ3) is 1.94. The SMILES string of the molecule is CC(F)(F)c1cc(Cl)c(N)c(C#N)c1. The Morgan fingerprint density at radius 3 is 2.50 bits per heavy atom. The van der Waals surface area contributed by atoms with Crippen LogP contribution in [0.1, 0.15) is 18.1 Å². The van der Waals surface area contributed by atoms with Crippen molar-refractivity contribution in [2.75, 3.05) is 5.73 Å². The highest BCUT2D eigenvalue weighted by molar-refractivity contribution is 6.33. The zero-order valence-electron chi connectivity index (χ0n) is 7.31. The molecule has 0 heterocycles. The van der Waals surface area contributed by atoms with Crippen LogP contribution in [0.4, 0.5) is 14.5 Å². The van der Waals surface area contributed by atoms with Gasteiger partial charge in [-0.15, -0.1) is 0 Å². The molecule has 0 aliphatic carbocycles. The highest BCUT2D eigenvalue weighted by Gasteiger charge is 2.26. The molecule has 2 nitrogen and oxygen atoms in total. The smallest absolute Gasteiger partial charge is 0.270 e. The number of nitrogens with two attached hydrogens (primary N) is 1. The summed E-state index contributed by atoms with van der Waals surface area (Å²) in [6, 6.07) is 3.82. The predicted octanol–water partition coefficient (Wildman–Crippen LogP) is 2.91. The largest absolute Gasteiger partial charge is 0.396 e. The molecule has 14 heavy (non-hydrogen) atoms. The van der Waals surface area contributed by atoms with E-state index in [1.807, 2.05) is 0 Å². The van der Waals surface area contributed by atoms with Crippen molar-refractivity contribution >= 4 is 17.3 Å². The Hall–Kier alpha value is -1.34. The Balaban J connectivity index is 3.40. The molecule has 0 radical (unpaired) electrons. The van der Waals surface area contributed by atoms with E-state index < -0.39 is 5.92 Å². The molecule has 0 fully saturated rings. The van der Waals surface area contributed by atoms with Gasteiger partial charge >= 0.3 is 0 Å². The van der Waals surface area contributed by atoms with Gasteiger partial charge in [-0.2, -0.15) is 5.26 Å². The summed E-state index contributed by atoms with van der Waals surface area (Å²) in [5, 5.41) is 8.57. The van der Waals surface area contributed by atoms with Gasteiger partial charge in [-0.1, -0.05) is 11.6 Å². The van der Waals surface area contributed by atoms with Gasteiger partial charge in [-0.3, -0.25) is 0 Å². The molecular formula is C9H7ClF2N2. The second-order valence-electron chi connectivity index (χ2n) is 2.92. The number of nitriles is 1. The Labute approximate surface area is 84.9 Å². The topological polar surface area (TPSA) is 49.8 Å². The third-order valence-corrected chi connectivity index (χ3v) is 2.07. The molecule has 0 saturated carbocycles. The minimum Gasteiger partial charge on any atom is -0.396 e. The average molecular weight is 217 g/mol. The number of anilines is 1. The van der Waals surface area contributed by atoms with Crippen molar-refractivity contribution in [3.63, 3.8) is 0 Å². The molecule has 5 heteroatoms. The summed E-state index contributed by atoms with van der Waals surface area (Å²) < 4.78 is 25.7. The van der Waals surface area contributed by atoms with Gasteiger partial charge in [-0.25, -0.2) is 8.78 Å². The average Bonchev–Trinajstić information content (AvgIpc) is 2.07. The maximum atomic E-state index is 12.9. The van der Waals surface area contributed by atoms with E-state index >= 15 is 0 Å². The second kappa shape index (κ2) is 3.43. The number of benzene rings is 1. The molecular weight excluding hydrogens is 210 g/mol. The first-order chi connectivity index (χ1) is 6.36. The van der Waals surface area contributed by atoms with Crippen LogP contribution in [0.3, 0.4) is 0 Å². The number of hydrogen-bond donors (Lipinski definition) is 1. The van der Waals surface area contributed by atoms with Crippen LogP contribution in [0, 0.1) is 11.3 Å². The summed E-state index contributed by atoms with van der Waals surface area (Å²) in [5.74, 6) is -3.02. The van der Waals surface area contributed by atoms with Gasteiger partial charge in [0, 0.05) is 12.5 Å². The predicted molar refractivity (Wildman–Crippen MR) is 50.1 cm³/mol. The van der Waals surface area contributed by atoms with Crippen LogP contribution in [-0.4, -0.2) is 0 Å². The Morgan fingerprint density at radius 2 is 2.07 bits per heavy atom. The Morgan fingerprint density at radius 1 is 1.50 bits per heavy atom. The zero-order valence-corrected chi connectivity index (χ0v) is 8.07. The molecule has 0 amide bonds. The summed E-state index contributed by atoms with van der Waals surface area (Å²) in [4.78, 5) is 0. The molecule has 1 aromatic rings. The summed E-state index contributed by atoms with van der Waals surface area (Å²) >= 11 is 5.59. The fourth-order valence-corrected chi connectivity index (χ4v) is 1.18. The fraction of sp³-hybridized carbons (Fsp3) is 0.222. The lowest BCUT2D eigenvalue weighted by molar-refractivity contribution is 0.0175. The number of alkyl halides is 2. The molecule has 74 valence electrons. The monoisotopic (exact) mass is 216 g/mol. The first-order valence-electron chi connectivity index (χ1n) is 3.73. The van der Waals surface area contributed by atoms with Crippen LogP contribution >= 0.6 is 11.6 Å². The maximum Gasteiger partial charge on any atom is 0.270 e. The number of nitrogens with zero attached hydrogens (tertiary/aromatic N) is 1. The van der Waals surface area contributed by atoms with Gasteiger partial charge in [0.2, 0.25) is 0 Å². The highest BCUT2D eigenvalue weighted by Crippen LogP contribution is 2.33. The summed E-state index contributed by atoms with van der Waals surface area (Å²) in [6.07, 6.45) is 0. The van der Waals surface area contributed by atoms with Crippen molar-refractivity contribution in [2.45, 2.75) is 12.8 Å². The number of nitrogen functional groups attached to an aromatic ring is 1. The molecule has 0 aromatic heterocycles. The lowest BCUT2D eigenvalue weighted by atomic mass is 10.1. The van der Waals surface area contributed by atoms with Crippen LogP contribution in [0.25, 0.3) is 0 Å².